The Morgan fingerprint density at radius 3 is 2.37 bits per heavy atom. The summed E-state index contributed by atoms with van der Waals surface area (Å²) in [6.45, 7) is 3.66. The van der Waals surface area contributed by atoms with Gasteiger partial charge < -0.3 is 9.90 Å². The molecule has 0 saturated carbocycles. The number of aryl methyl sites for hydroxylation is 1. The third kappa shape index (κ3) is 4.75. The number of aromatic carboxylic acids is 1. The Balaban J connectivity index is 0.000000465. The first-order valence-electron chi connectivity index (χ1n) is 7.66. The number of para-hydroxylation sites is 1. The average Bonchev–Trinajstić information content (AvgIpc) is 2.59. The molecule has 0 atom stereocenters. The fraction of sp³-hybridized carbons (Fsp3) is 0.0526. The lowest BCUT2D eigenvalue weighted by molar-refractivity contribution is -0.617. The smallest absolute Gasteiger partial charge is 0.435 e. The molecule has 27 heavy (non-hydrogen) atoms. The lowest BCUT2D eigenvalue weighted by Gasteiger charge is -2.12. The molecule has 0 aliphatic carbocycles. The van der Waals surface area contributed by atoms with E-state index in [1.807, 2.05) is 60.2 Å². The maximum absolute atomic E-state index is 11.8. The predicted octanol–water partition coefficient (Wildman–Crippen LogP) is 2.14. The van der Waals surface area contributed by atoms with Crippen LogP contribution in [0.15, 0.2) is 61.2 Å². The number of carbonyl (C=O) groups excluding carboxylic acids is 1. The monoisotopic (exact) mass is 389 g/mol. The van der Waals surface area contributed by atoms with Crippen LogP contribution in [-0.2, 0) is 17.6 Å². The molecule has 140 valence electrons. The number of carbonyl (C=O) groups is 1. The van der Waals surface area contributed by atoms with E-state index in [-0.39, 0.29) is 5.56 Å². The van der Waals surface area contributed by atoms with E-state index in [1.54, 1.807) is 12.2 Å². The minimum Gasteiger partial charge on any atom is -0.545 e. The maximum Gasteiger partial charge on any atom is 0.435 e. The number of halogens is 1. The van der Waals surface area contributed by atoms with Gasteiger partial charge in [-0.3, -0.25) is 4.55 Å². The molecule has 0 bridgehead atoms. The van der Waals surface area contributed by atoms with Crippen molar-refractivity contribution in [1.82, 2.24) is 0 Å². The van der Waals surface area contributed by atoms with Crippen molar-refractivity contribution in [1.29, 1.82) is 0 Å². The van der Waals surface area contributed by atoms with Gasteiger partial charge in [0.15, 0.2) is 0 Å². The molecule has 0 spiro atoms. The summed E-state index contributed by atoms with van der Waals surface area (Å²) in [5.74, 6) is -1.17. The molecule has 1 heterocycles. The van der Waals surface area contributed by atoms with Gasteiger partial charge in [0.1, 0.15) is 7.05 Å². The summed E-state index contributed by atoms with van der Waals surface area (Å²) in [7, 11) is -3.23. The zero-order chi connectivity index (χ0) is 20.2. The highest BCUT2D eigenvalue weighted by Gasteiger charge is 2.19. The molecular formula is C19H16FNO5S. The molecule has 0 saturated heterocycles. The lowest BCUT2D eigenvalue weighted by Crippen LogP contribution is -2.33. The molecule has 3 aromatic rings. The second-order valence-corrected chi connectivity index (χ2v) is 6.31. The van der Waals surface area contributed by atoms with Gasteiger partial charge in [0.05, 0.1) is 16.7 Å². The first-order chi connectivity index (χ1) is 12.6. The molecule has 1 N–H and O–H groups in total. The van der Waals surface area contributed by atoms with Gasteiger partial charge in [-0.15, -0.1) is 0 Å². The zero-order valence-electron chi connectivity index (χ0n) is 14.3. The third-order valence-corrected chi connectivity index (χ3v) is 3.84. The molecule has 1 aromatic heterocycles. The van der Waals surface area contributed by atoms with E-state index in [4.69, 9.17) is 13.0 Å². The molecule has 0 amide bonds. The number of fused-ring (bicyclic) bond motifs is 2. The van der Waals surface area contributed by atoms with Crippen LogP contribution in [0.1, 0.15) is 15.9 Å². The summed E-state index contributed by atoms with van der Waals surface area (Å²) in [5.41, 5.74) is 2.77. The van der Waals surface area contributed by atoms with Crippen molar-refractivity contribution in [3.63, 3.8) is 0 Å². The molecule has 0 aliphatic rings. The minimum absolute atomic E-state index is 0.230. The van der Waals surface area contributed by atoms with Gasteiger partial charge in [0.25, 0.3) is 0 Å². The van der Waals surface area contributed by atoms with E-state index < -0.39 is 16.5 Å². The van der Waals surface area contributed by atoms with E-state index in [9.17, 15) is 13.8 Å². The molecule has 0 radical (unpaired) electrons. The summed E-state index contributed by atoms with van der Waals surface area (Å²) in [6.07, 6.45) is 5.32. The van der Waals surface area contributed by atoms with Gasteiger partial charge >= 0.3 is 10.5 Å². The summed E-state index contributed by atoms with van der Waals surface area (Å²) < 4.78 is 36.1. The number of hydrogen-bond acceptors (Lipinski definition) is 4. The fourth-order valence-corrected chi connectivity index (χ4v) is 2.87. The van der Waals surface area contributed by atoms with E-state index >= 15 is 0 Å². The van der Waals surface area contributed by atoms with Crippen LogP contribution in [0.4, 0.5) is 3.89 Å². The number of rotatable bonds is 3. The summed E-state index contributed by atoms with van der Waals surface area (Å²) in [6, 6.07) is 13.2. The highest BCUT2D eigenvalue weighted by atomic mass is 32.3. The number of allylic oxidation sites excluding steroid dienone is 2. The Labute approximate surface area is 155 Å². The molecule has 8 heteroatoms. The van der Waals surface area contributed by atoms with Crippen LogP contribution in [-0.4, -0.2) is 18.9 Å². The molecule has 3 rings (SSSR count). The molecule has 0 fully saturated rings. The van der Waals surface area contributed by atoms with E-state index in [2.05, 4.69) is 6.58 Å². The van der Waals surface area contributed by atoms with Crippen molar-refractivity contribution in [2.75, 3.05) is 0 Å². The normalized spacial score (nSPS) is 11.4. The van der Waals surface area contributed by atoms with Crippen LogP contribution in [0.5, 0.6) is 0 Å². The number of nitrogens with zero attached hydrogens (tertiary/aromatic N) is 1. The lowest BCUT2D eigenvalue weighted by atomic mass is 9.97. The van der Waals surface area contributed by atoms with Crippen molar-refractivity contribution in [2.24, 2.45) is 7.05 Å². The number of pyridine rings is 1. The minimum atomic E-state index is -5.17. The molecular weight excluding hydrogens is 373 g/mol. The highest BCUT2D eigenvalue weighted by molar-refractivity contribution is 7.80. The summed E-state index contributed by atoms with van der Waals surface area (Å²) in [5, 5.41) is 13.2. The Bertz CT molecular complexity index is 1160. The van der Waals surface area contributed by atoms with Crippen LogP contribution >= 0.6 is 0 Å². The van der Waals surface area contributed by atoms with Gasteiger partial charge in [-0.25, -0.2) is 0 Å². The first-order valence-corrected chi connectivity index (χ1v) is 9.00. The van der Waals surface area contributed by atoms with Crippen LogP contribution in [0.3, 0.4) is 0 Å². The van der Waals surface area contributed by atoms with Crippen LogP contribution in [0, 0.1) is 0 Å². The Morgan fingerprint density at radius 2 is 1.78 bits per heavy atom. The summed E-state index contributed by atoms with van der Waals surface area (Å²) in [4.78, 5) is 11.8. The average molecular weight is 389 g/mol. The largest absolute Gasteiger partial charge is 0.545 e. The van der Waals surface area contributed by atoms with Crippen molar-refractivity contribution < 1.29 is 31.3 Å². The number of aromatic nitrogens is 1. The second kappa shape index (κ2) is 8.07. The fourth-order valence-electron chi connectivity index (χ4n) is 2.87. The zero-order valence-corrected chi connectivity index (χ0v) is 15.1. The number of benzene rings is 2. The number of carboxylic acids is 1. The van der Waals surface area contributed by atoms with E-state index in [0.29, 0.717) is 10.8 Å². The quantitative estimate of drug-likeness (QED) is 0.243. The Morgan fingerprint density at radius 1 is 1.19 bits per heavy atom. The van der Waals surface area contributed by atoms with E-state index in [1.165, 1.54) is 0 Å². The maximum atomic E-state index is 11.8. The molecule has 0 unspecified atom stereocenters. The van der Waals surface area contributed by atoms with Gasteiger partial charge in [-0.1, -0.05) is 53.0 Å². The molecule has 6 nitrogen and oxygen atoms in total. The summed E-state index contributed by atoms with van der Waals surface area (Å²) >= 11 is 0. The van der Waals surface area contributed by atoms with Gasteiger partial charge in [-0.2, -0.15) is 13.0 Å². The van der Waals surface area contributed by atoms with Gasteiger partial charge in [0.2, 0.25) is 11.0 Å². The SMILES string of the molecule is C=C/C=C/c1cccc2c1c(C(=O)[O-])c1ccccc1[n+]2C.O=S(=O)(O)F. The van der Waals surface area contributed by atoms with Crippen molar-refractivity contribution in [3.8, 4) is 0 Å². The third-order valence-electron chi connectivity index (χ3n) is 3.84. The molecule has 0 aliphatic heterocycles. The van der Waals surface area contributed by atoms with Crippen LogP contribution in [0.25, 0.3) is 27.9 Å². The van der Waals surface area contributed by atoms with Gasteiger partial charge in [0, 0.05) is 17.7 Å². The topological polar surface area (TPSA) is 98.4 Å². The standard InChI is InChI=1S/C19H15NO2.FHO3S/c1-3-4-8-13-9-7-12-16-17(13)18(19(21)22)14-10-5-6-11-15(14)20(16)2;1-5(2,3)4/h3-12H,1H2,2H3;(H,2,3,4)/b8-4+;. The van der Waals surface area contributed by atoms with Crippen molar-refractivity contribution in [2.45, 2.75) is 0 Å². The van der Waals surface area contributed by atoms with Gasteiger partial charge in [-0.05, 0) is 11.6 Å². The highest BCUT2D eigenvalue weighted by Crippen LogP contribution is 2.27. The Hall–Kier alpha value is -3.10. The number of carboxylic acid groups (broad SMARTS) is 1. The van der Waals surface area contributed by atoms with Crippen LogP contribution < -0.4 is 9.67 Å². The predicted molar refractivity (Wildman–Crippen MR) is 98.8 cm³/mol. The van der Waals surface area contributed by atoms with Crippen LogP contribution in [0.2, 0.25) is 0 Å². The van der Waals surface area contributed by atoms with Crippen molar-refractivity contribution in [3.05, 3.63) is 72.3 Å². The number of hydrogen-bond donors (Lipinski definition) is 1. The van der Waals surface area contributed by atoms with E-state index in [0.717, 1.165) is 16.6 Å². The second-order valence-electron chi connectivity index (χ2n) is 5.49. The Kier molecular flexibility index (Phi) is 6.04. The molecule has 2 aromatic carbocycles. The van der Waals surface area contributed by atoms with Crippen molar-refractivity contribution >= 4 is 44.4 Å². The first kappa shape index (κ1) is 20.2.